The summed E-state index contributed by atoms with van der Waals surface area (Å²) in [5.74, 6) is -1.83. The Balaban J connectivity index is 0.000000668. The van der Waals surface area contributed by atoms with Crippen LogP contribution in [0, 0.1) is 17.7 Å². The second-order valence-corrected chi connectivity index (χ2v) is 6.89. The van der Waals surface area contributed by atoms with E-state index < -0.39 is 29.4 Å². The summed E-state index contributed by atoms with van der Waals surface area (Å²) < 4.78 is 48.9. The van der Waals surface area contributed by atoms with Crippen molar-refractivity contribution < 1.29 is 27.2 Å². The first-order chi connectivity index (χ1) is 15.1. The summed E-state index contributed by atoms with van der Waals surface area (Å²) in [6, 6.07) is 12.3. The van der Waals surface area contributed by atoms with Crippen LogP contribution in [0.25, 0.3) is 0 Å². The van der Waals surface area contributed by atoms with Crippen molar-refractivity contribution in [1.29, 1.82) is 0 Å². The van der Waals surface area contributed by atoms with Crippen LogP contribution >= 0.6 is 0 Å². The summed E-state index contributed by atoms with van der Waals surface area (Å²) in [5, 5.41) is 2.52. The third-order valence-corrected chi connectivity index (χ3v) is 4.57. The summed E-state index contributed by atoms with van der Waals surface area (Å²) in [6.45, 7) is 9.66. The Morgan fingerprint density at radius 3 is 1.91 bits per heavy atom. The smallest absolute Gasteiger partial charge is 0.323 e. The van der Waals surface area contributed by atoms with Crippen molar-refractivity contribution in [3.8, 4) is 0 Å². The zero-order chi connectivity index (χ0) is 24.7. The number of ketones is 1. The lowest BCUT2D eigenvalue weighted by atomic mass is 9.88. The van der Waals surface area contributed by atoms with E-state index in [0.29, 0.717) is 12.8 Å². The molecule has 0 aliphatic carbocycles. The highest BCUT2D eigenvalue weighted by atomic mass is 19.4. The Morgan fingerprint density at radius 1 is 0.938 bits per heavy atom. The van der Waals surface area contributed by atoms with Gasteiger partial charge in [0.25, 0.3) is 0 Å². The van der Waals surface area contributed by atoms with Crippen molar-refractivity contribution in [1.82, 2.24) is 0 Å². The van der Waals surface area contributed by atoms with Crippen LogP contribution in [-0.4, -0.2) is 11.7 Å². The van der Waals surface area contributed by atoms with Crippen molar-refractivity contribution in [2.24, 2.45) is 11.8 Å². The molecule has 0 fully saturated rings. The Kier molecular flexibility index (Phi) is 13.9. The number of halogens is 4. The number of alkyl halides is 3. The SMILES string of the molecule is CC.CCCC(C(=O)Nc1ccccc1F)C(=O)C(C)CC.FC(F)(F)c1ccccc1. The molecule has 2 aromatic carbocycles. The van der Waals surface area contributed by atoms with Crippen molar-refractivity contribution in [2.45, 2.75) is 60.1 Å². The second kappa shape index (κ2) is 15.2. The molecule has 2 aromatic rings. The topological polar surface area (TPSA) is 46.2 Å². The van der Waals surface area contributed by atoms with Crippen LogP contribution in [0.15, 0.2) is 54.6 Å². The molecule has 2 rings (SSSR count). The fourth-order valence-electron chi connectivity index (χ4n) is 2.65. The molecule has 0 radical (unpaired) electrons. The highest BCUT2D eigenvalue weighted by Crippen LogP contribution is 2.28. The van der Waals surface area contributed by atoms with Gasteiger partial charge >= 0.3 is 6.18 Å². The van der Waals surface area contributed by atoms with Gasteiger partial charge in [0.1, 0.15) is 11.6 Å². The van der Waals surface area contributed by atoms with Gasteiger partial charge in [-0.05, 0) is 25.0 Å². The standard InChI is InChI=1S/C16H22FNO2.C7H5F3.C2H6/c1-4-8-12(15(19)11(3)5-2)16(20)18-14-10-7-6-9-13(14)17;8-7(9,10)6-4-2-1-3-5-6;1-2/h6-7,9-12H,4-5,8H2,1-3H3,(H,18,20);1-5H;1-2H3. The summed E-state index contributed by atoms with van der Waals surface area (Å²) in [6.07, 6.45) is -2.28. The lowest BCUT2D eigenvalue weighted by Gasteiger charge is -2.18. The minimum atomic E-state index is -4.21. The molecule has 1 N–H and O–H groups in total. The molecule has 0 saturated carbocycles. The van der Waals surface area contributed by atoms with E-state index in [-0.39, 0.29) is 17.4 Å². The lowest BCUT2D eigenvalue weighted by molar-refractivity contribution is -0.137. The number of nitrogens with one attached hydrogen (secondary N) is 1. The first-order valence-electron chi connectivity index (χ1n) is 10.8. The van der Waals surface area contributed by atoms with E-state index in [9.17, 15) is 27.2 Å². The number of carbonyl (C=O) groups is 2. The van der Waals surface area contributed by atoms with Crippen molar-refractivity contribution in [3.05, 3.63) is 66.0 Å². The maximum absolute atomic E-state index is 13.5. The summed E-state index contributed by atoms with van der Waals surface area (Å²) in [7, 11) is 0. The third kappa shape index (κ3) is 10.1. The molecule has 0 aliphatic heterocycles. The first-order valence-corrected chi connectivity index (χ1v) is 10.8. The lowest BCUT2D eigenvalue weighted by Crippen LogP contribution is -2.33. The third-order valence-electron chi connectivity index (χ3n) is 4.57. The van der Waals surface area contributed by atoms with Gasteiger partial charge in [0.05, 0.1) is 17.2 Å². The van der Waals surface area contributed by atoms with Gasteiger partial charge in [-0.3, -0.25) is 9.59 Å². The van der Waals surface area contributed by atoms with E-state index in [1.165, 1.54) is 24.3 Å². The first kappa shape index (κ1) is 29.3. The van der Waals surface area contributed by atoms with Crippen molar-refractivity contribution in [3.63, 3.8) is 0 Å². The molecule has 2 atom stereocenters. The maximum atomic E-state index is 13.5. The fraction of sp³-hybridized carbons (Fsp3) is 0.440. The normalized spacial score (nSPS) is 12.3. The molecule has 0 heterocycles. The molecular weight excluding hydrogens is 422 g/mol. The van der Waals surface area contributed by atoms with E-state index in [0.717, 1.165) is 18.6 Å². The van der Waals surface area contributed by atoms with Crippen LogP contribution in [0.3, 0.4) is 0 Å². The predicted molar refractivity (Wildman–Crippen MR) is 121 cm³/mol. The quantitative estimate of drug-likeness (QED) is 0.346. The van der Waals surface area contributed by atoms with Gasteiger partial charge in [-0.2, -0.15) is 13.2 Å². The van der Waals surface area contributed by atoms with Gasteiger partial charge in [0, 0.05) is 5.92 Å². The van der Waals surface area contributed by atoms with Crippen LogP contribution in [0.1, 0.15) is 59.4 Å². The molecule has 7 heteroatoms. The van der Waals surface area contributed by atoms with E-state index in [4.69, 9.17) is 0 Å². The largest absolute Gasteiger partial charge is 0.416 e. The van der Waals surface area contributed by atoms with Gasteiger partial charge < -0.3 is 5.32 Å². The van der Waals surface area contributed by atoms with Gasteiger partial charge in [0.2, 0.25) is 5.91 Å². The van der Waals surface area contributed by atoms with E-state index in [1.807, 2.05) is 34.6 Å². The number of benzene rings is 2. The van der Waals surface area contributed by atoms with Crippen molar-refractivity contribution >= 4 is 17.4 Å². The molecule has 0 aliphatic rings. The van der Waals surface area contributed by atoms with Crippen LogP contribution < -0.4 is 5.32 Å². The molecule has 0 saturated heterocycles. The Bertz CT molecular complexity index is 807. The summed E-state index contributed by atoms with van der Waals surface area (Å²) >= 11 is 0. The molecule has 178 valence electrons. The fourth-order valence-corrected chi connectivity index (χ4v) is 2.65. The Labute approximate surface area is 188 Å². The average molecular weight is 456 g/mol. The highest BCUT2D eigenvalue weighted by molar-refractivity contribution is 6.07. The number of rotatable bonds is 7. The molecule has 0 aromatic heterocycles. The number of Topliss-reactive ketones (excluding diaryl/α,β-unsaturated/α-hetero) is 1. The number of hydrogen-bond acceptors (Lipinski definition) is 2. The maximum Gasteiger partial charge on any atom is 0.416 e. The molecule has 3 nitrogen and oxygen atoms in total. The number of carbonyl (C=O) groups excluding carboxylic acids is 2. The molecule has 1 amide bonds. The second-order valence-electron chi connectivity index (χ2n) is 6.89. The van der Waals surface area contributed by atoms with Crippen molar-refractivity contribution in [2.75, 3.05) is 5.32 Å². The Morgan fingerprint density at radius 2 is 1.47 bits per heavy atom. The van der Waals surface area contributed by atoms with Crippen LogP contribution in [0.5, 0.6) is 0 Å². The van der Waals surface area contributed by atoms with Crippen LogP contribution in [0.4, 0.5) is 23.2 Å². The summed E-state index contributed by atoms with van der Waals surface area (Å²) in [5.41, 5.74) is -0.481. The van der Waals surface area contributed by atoms with Gasteiger partial charge in [-0.15, -0.1) is 0 Å². The minimum absolute atomic E-state index is 0.0665. The van der Waals surface area contributed by atoms with Gasteiger partial charge in [-0.25, -0.2) is 4.39 Å². The monoisotopic (exact) mass is 455 g/mol. The van der Waals surface area contributed by atoms with Crippen LogP contribution in [-0.2, 0) is 15.8 Å². The average Bonchev–Trinajstić information content (AvgIpc) is 2.79. The van der Waals surface area contributed by atoms with Crippen LogP contribution in [0.2, 0.25) is 0 Å². The minimum Gasteiger partial charge on any atom is -0.323 e. The summed E-state index contributed by atoms with van der Waals surface area (Å²) in [4.78, 5) is 24.4. The van der Waals surface area contributed by atoms with E-state index in [2.05, 4.69) is 5.32 Å². The molecule has 2 unspecified atom stereocenters. The number of anilines is 1. The van der Waals surface area contributed by atoms with E-state index in [1.54, 1.807) is 18.2 Å². The van der Waals surface area contributed by atoms with E-state index >= 15 is 0 Å². The molecular formula is C25H33F4NO2. The number of para-hydroxylation sites is 1. The molecule has 0 spiro atoms. The van der Waals surface area contributed by atoms with Gasteiger partial charge in [0.15, 0.2) is 0 Å². The zero-order valence-corrected chi connectivity index (χ0v) is 19.3. The highest BCUT2D eigenvalue weighted by Gasteiger charge is 2.30. The number of amides is 1. The molecule has 0 bridgehead atoms. The molecule has 32 heavy (non-hydrogen) atoms. The number of hydrogen-bond donors (Lipinski definition) is 1. The predicted octanol–water partition coefficient (Wildman–Crippen LogP) is 7.53. The zero-order valence-electron chi connectivity index (χ0n) is 19.3. The van der Waals surface area contributed by atoms with Gasteiger partial charge in [-0.1, -0.05) is 83.5 Å². The Hall–Kier alpha value is -2.70.